The van der Waals surface area contributed by atoms with E-state index in [0.29, 0.717) is 30.2 Å². The Morgan fingerprint density at radius 3 is 2.87 bits per heavy atom. The molecule has 1 saturated heterocycles. The average Bonchev–Trinajstić information content (AvgIpc) is 2.49. The van der Waals surface area contributed by atoms with Crippen LogP contribution in [0, 0.1) is 0 Å². The molecule has 1 aromatic heterocycles. The molecule has 15 heavy (non-hydrogen) atoms. The molecule has 1 aliphatic heterocycles. The zero-order valence-electron chi connectivity index (χ0n) is 7.94. The molecule has 0 spiro atoms. The van der Waals surface area contributed by atoms with Gasteiger partial charge in [0.25, 0.3) is 0 Å². The summed E-state index contributed by atoms with van der Waals surface area (Å²) in [4.78, 5) is 0. The van der Waals surface area contributed by atoms with Gasteiger partial charge in [-0.1, -0.05) is 0 Å². The smallest absolute Gasteiger partial charge is 0.238 e. The number of sulfonamides is 1. The number of nitrogens with one attached hydrogen (secondary N) is 1. The Bertz CT molecular complexity index is 442. The molecule has 1 N–H and O–H groups in total. The van der Waals surface area contributed by atoms with Crippen molar-refractivity contribution in [3.05, 3.63) is 16.8 Å². The van der Waals surface area contributed by atoms with Crippen molar-refractivity contribution < 1.29 is 12.8 Å². The van der Waals surface area contributed by atoms with E-state index in [-0.39, 0.29) is 5.75 Å². The van der Waals surface area contributed by atoms with Crippen molar-refractivity contribution in [2.24, 2.45) is 0 Å². The van der Waals surface area contributed by atoms with Crippen molar-refractivity contribution in [1.82, 2.24) is 5.32 Å². The van der Waals surface area contributed by atoms with Gasteiger partial charge < -0.3 is 9.73 Å². The Hall–Kier alpha value is -0.530. The first-order valence-electron chi connectivity index (χ1n) is 4.56. The van der Waals surface area contributed by atoms with Crippen LogP contribution in [0.4, 0.5) is 5.88 Å². The lowest BCUT2D eigenvalue weighted by Crippen LogP contribution is -2.33. The van der Waals surface area contributed by atoms with E-state index in [4.69, 9.17) is 4.42 Å². The average molecular weight is 295 g/mol. The summed E-state index contributed by atoms with van der Waals surface area (Å²) >= 11 is 3.15. The third-order valence-electron chi connectivity index (χ3n) is 2.17. The highest BCUT2D eigenvalue weighted by atomic mass is 79.9. The van der Waals surface area contributed by atoms with Crippen LogP contribution < -0.4 is 9.62 Å². The van der Waals surface area contributed by atoms with E-state index in [1.807, 2.05) is 0 Å². The van der Waals surface area contributed by atoms with Gasteiger partial charge in [-0.15, -0.1) is 0 Å². The lowest BCUT2D eigenvalue weighted by molar-refractivity contribution is 0.534. The predicted molar refractivity (Wildman–Crippen MR) is 60.4 cm³/mol. The van der Waals surface area contributed by atoms with Crippen molar-refractivity contribution >= 4 is 31.8 Å². The quantitative estimate of drug-likeness (QED) is 0.832. The number of furan rings is 1. The molecule has 0 amide bonds. The standard InChI is InChI=1S/C8H11BrN2O3S/c9-7-1-2-8(14-7)11-5-3-10-4-6-15(11,12)13/h1-2,10H,3-6H2. The van der Waals surface area contributed by atoms with Crippen molar-refractivity contribution in [3.63, 3.8) is 0 Å². The number of rotatable bonds is 1. The molecule has 0 unspecified atom stereocenters. The minimum absolute atomic E-state index is 0.102. The molecule has 0 saturated carbocycles. The highest BCUT2D eigenvalue weighted by Gasteiger charge is 2.26. The Morgan fingerprint density at radius 1 is 1.40 bits per heavy atom. The van der Waals surface area contributed by atoms with Gasteiger partial charge in [-0.3, -0.25) is 0 Å². The Kier molecular flexibility index (Phi) is 3.03. The number of hydrogen-bond donors (Lipinski definition) is 1. The van der Waals surface area contributed by atoms with Crippen LogP contribution in [0.1, 0.15) is 0 Å². The molecule has 0 aromatic carbocycles. The second-order valence-corrected chi connectivity index (χ2v) is 6.01. The van der Waals surface area contributed by atoms with Crippen molar-refractivity contribution in [2.45, 2.75) is 0 Å². The van der Waals surface area contributed by atoms with Crippen molar-refractivity contribution in [1.29, 1.82) is 0 Å². The largest absolute Gasteiger partial charge is 0.433 e. The van der Waals surface area contributed by atoms with Gasteiger partial charge >= 0.3 is 0 Å². The van der Waals surface area contributed by atoms with Crippen LogP contribution in [0.25, 0.3) is 0 Å². The van der Waals surface area contributed by atoms with Gasteiger partial charge in [0, 0.05) is 25.7 Å². The fourth-order valence-electron chi connectivity index (χ4n) is 1.44. The van der Waals surface area contributed by atoms with Crippen molar-refractivity contribution in [2.75, 3.05) is 29.7 Å². The summed E-state index contributed by atoms with van der Waals surface area (Å²) in [7, 11) is -3.24. The highest BCUT2D eigenvalue weighted by Crippen LogP contribution is 2.24. The Balaban J connectivity index is 2.33. The van der Waals surface area contributed by atoms with Gasteiger partial charge in [0.05, 0.1) is 5.75 Å². The van der Waals surface area contributed by atoms with E-state index in [1.54, 1.807) is 12.1 Å². The van der Waals surface area contributed by atoms with E-state index in [1.165, 1.54) is 4.31 Å². The Labute approximate surface area is 96.6 Å². The maximum atomic E-state index is 11.8. The van der Waals surface area contributed by atoms with Crippen LogP contribution >= 0.6 is 15.9 Å². The van der Waals surface area contributed by atoms with Gasteiger partial charge in [0.15, 0.2) is 4.67 Å². The first kappa shape index (κ1) is 11.0. The normalized spacial score (nSPS) is 21.3. The Morgan fingerprint density at radius 2 is 2.20 bits per heavy atom. The fraction of sp³-hybridized carbons (Fsp3) is 0.500. The van der Waals surface area contributed by atoms with Crippen LogP contribution in [0.2, 0.25) is 0 Å². The number of anilines is 1. The third-order valence-corrected chi connectivity index (χ3v) is 4.35. The number of halogens is 1. The van der Waals surface area contributed by atoms with E-state index < -0.39 is 10.0 Å². The molecule has 1 fully saturated rings. The third kappa shape index (κ3) is 2.35. The molecule has 5 nitrogen and oxygen atoms in total. The van der Waals surface area contributed by atoms with Crippen LogP contribution in [0.5, 0.6) is 0 Å². The minimum atomic E-state index is -3.24. The molecule has 0 bridgehead atoms. The van der Waals surface area contributed by atoms with Crippen LogP contribution in [-0.2, 0) is 10.0 Å². The molecular weight excluding hydrogens is 284 g/mol. The van der Waals surface area contributed by atoms with Crippen LogP contribution in [-0.4, -0.2) is 33.8 Å². The van der Waals surface area contributed by atoms with Gasteiger partial charge in [0.1, 0.15) is 0 Å². The summed E-state index contributed by atoms with van der Waals surface area (Å²) in [5, 5.41) is 3.04. The molecule has 1 aromatic rings. The molecule has 7 heteroatoms. The van der Waals surface area contributed by atoms with Gasteiger partial charge in [-0.05, 0) is 22.0 Å². The van der Waals surface area contributed by atoms with E-state index >= 15 is 0 Å². The monoisotopic (exact) mass is 294 g/mol. The topological polar surface area (TPSA) is 62.6 Å². The lowest BCUT2D eigenvalue weighted by atomic mass is 10.5. The molecule has 1 aliphatic rings. The molecule has 2 rings (SSSR count). The maximum Gasteiger partial charge on any atom is 0.238 e. The van der Waals surface area contributed by atoms with Crippen LogP contribution in [0.3, 0.4) is 0 Å². The van der Waals surface area contributed by atoms with Gasteiger partial charge in [0.2, 0.25) is 15.9 Å². The first-order valence-corrected chi connectivity index (χ1v) is 6.96. The summed E-state index contributed by atoms with van der Waals surface area (Å²) in [6, 6.07) is 3.33. The maximum absolute atomic E-state index is 11.8. The second-order valence-electron chi connectivity index (χ2n) is 3.22. The first-order chi connectivity index (χ1) is 7.09. The van der Waals surface area contributed by atoms with Crippen molar-refractivity contribution in [3.8, 4) is 0 Å². The molecular formula is C8H11BrN2O3S. The summed E-state index contributed by atoms with van der Waals surface area (Å²) < 4.78 is 30.7. The lowest BCUT2D eigenvalue weighted by Gasteiger charge is -2.18. The van der Waals surface area contributed by atoms with E-state index in [0.717, 1.165) is 0 Å². The van der Waals surface area contributed by atoms with Gasteiger partial charge in [-0.2, -0.15) is 0 Å². The van der Waals surface area contributed by atoms with E-state index in [2.05, 4.69) is 21.2 Å². The molecule has 2 heterocycles. The summed E-state index contributed by atoms with van der Waals surface area (Å²) in [5.74, 6) is 0.469. The molecule has 0 atom stereocenters. The molecule has 84 valence electrons. The summed E-state index contributed by atoms with van der Waals surface area (Å²) in [6.07, 6.45) is 0. The van der Waals surface area contributed by atoms with E-state index in [9.17, 15) is 8.42 Å². The highest BCUT2D eigenvalue weighted by molar-refractivity contribution is 9.10. The zero-order chi connectivity index (χ0) is 10.9. The minimum Gasteiger partial charge on any atom is -0.433 e. The predicted octanol–water partition coefficient (Wildman–Crippen LogP) is 0.782. The fourth-order valence-corrected chi connectivity index (χ4v) is 3.10. The van der Waals surface area contributed by atoms with Gasteiger partial charge in [-0.25, -0.2) is 12.7 Å². The molecule has 0 radical (unpaired) electrons. The summed E-state index contributed by atoms with van der Waals surface area (Å²) in [5.41, 5.74) is 0. The number of hydrogen-bond acceptors (Lipinski definition) is 4. The SMILES string of the molecule is O=S1(=O)CCNCCN1c1ccc(Br)o1. The second kappa shape index (κ2) is 4.15. The zero-order valence-corrected chi connectivity index (χ0v) is 10.3. The molecule has 0 aliphatic carbocycles. The summed E-state index contributed by atoms with van der Waals surface area (Å²) in [6.45, 7) is 1.53. The number of nitrogens with zero attached hydrogens (tertiary/aromatic N) is 1. The van der Waals surface area contributed by atoms with Crippen LogP contribution in [0.15, 0.2) is 21.2 Å².